The first-order chi connectivity index (χ1) is 9.47. The number of aryl methyl sites for hydroxylation is 1. The SMILES string of the molecule is CC/C=C/COC(=O)/C=C/c1cn(C)c(=O)n(C)c1=O. The number of nitrogens with zero attached hydrogens (tertiary/aromatic N) is 2. The quantitative estimate of drug-likeness (QED) is 0.449. The molecule has 0 bridgehead atoms. The summed E-state index contributed by atoms with van der Waals surface area (Å²) >= 11 is 0. The van der Waals surface area contributed by atoms with E-state index in [9.17, 15) is 14.4 Å². The largest absolute Gasteiger partial charge is 0.458 e. The lowest BCUT2D eigenvalue weighted by molar-refractivity contribution is -0.136. The van der Waals surface area contributed by atoms with Gasteiger partial charge in [-0.05, 0) is 12.5 Å². The van der Waals surface area contributed by atoms with Crippen molar-refractivity contribution in [2.75, 3.05) is 6.61 Å². The molecule has 108 valence electrons. The van der Waals surface area contributed by atoms with Crippen molar-refractivity contribution in [2.45, 2.75) is 13.3 Å². The summed E-state index contributed by atoms with van der Waals surface area (Å²) in [4.78, 5) is 34.7. The molecule has 0 aliphatic carbocycles. The van der Waals surface area contributed by atoms with E-state index < -0.39 is 17.2 Å². The van der Waals surface area contributed by atoms with Crippen molar-refractivity contribution in [3.8, 4) is 0 Å². The molecule has 0 aliphatic heterocycles. The molecule has 0 aliphatic rings. The maximum atomic E-state index is 11.8. The number of hydrogen-bond acceptors (Lipinski definition) is 4. The molecule has 6 nitrogen and oxygen atoms in total. The van der Waals surface area contributed by atoms with Crippen LogP contribution < -0.4 is 11.2 Å². The highest BCUT2D eigenvalue weighted by Crippen LogP contribution is 1.94. The number of carbonyl (C=O) groups is 1. The van der Waals surface area contributed by atoms with Crippen LogP contribution in [0.5, 0.6) is 0 Å². The number of ether oxygens (including phenoxy) is 1. The third-order valence-electron chi connectivity index (χ3n) is 2.60. The Morgan fingerprint density at radius 2 is 2.00 bits per heavy atom. The Morgan fingerprint density at radius 1 is 1.30 bits per heavy atom. The van der Waals surface area contributed by atoms with Gasteiger partial charge < -0.3 is 9.30 Å². The lowest BCUT2D eigenvalue weighted by atomic mass is 10.3. The van der Waals surface area contributed by atoms with Gasteiger partial charge in [0.05, 0.1) is 5.56 Å². The molecule has 0 radical (unpaired) electrons. The number of rotatable bonds is 5. The van der Waals surface area contributed by atoms with Crippen LogP contribution in [0, 0.1) is 0 Å². The summed E-state index contributed by atoms with van der Waals surface area (Å²) in [5.74, 6) is -0.540. The van der Waals surface area contributed by atoms with Crippen molar-refractivity contribution in [2.24, 2.45) is 14.1 Å². The van der Waals surface area contributed by atoms with Gasteiger partial charge in [0.1, 0.15) is 6.61 Å². The highest BCUT2D eigenvalue weighted by atomic mass is 16.5. The van der Waals surface area contributed by atoms with Crippen LogP contribution in [0.3, 0.4) is 0 Å². The van der Waals surface area contributed by atoms with Crippen LogP contribution in [0.25, 0.3) is 6.08 Å². The first-order valence-electron chi connectivity index (χ1n) is 6.23. The van der Waals surface area contributed by atoms with Gasteiger partial charge in [-0.3, -0.25) is 9.36 Å². The number of aromatic nitrogens is 2. The molecule has 1 aromatic heterocycles. The molecule has 0 unspecified atom stereocenters. The van der Waals surface area contributed by atoms with Crippen molar-refractivity contribution < 1.29 is 9.53 Å². The molecule has 0 amide bonds. The second kappa shape index (κ2) is 7.28. The van der Waals surface area contributed by atoms with Gasteiger partial charge in [-0.25, -0.2) is 9.59 Å². The molecule has 1 rings (SSSR count). The van der Waals surface area contributed by atoms with Gasteiger partial charge in [0, 0.05) is 26.4 Å². The fraction of sp³-hybridized carbons (Fsp3) is 0.357. The van der Waals surface area contributed by atoms with E-state index in [1.165, 1.54) is 37.0 Å². The molecule has 0 fully saturated rings. The van der Waals surface area contributed by atoms with E-state index in [4.69, 9.17) is 4.74 Å². The minimum atomic E-state index is -0.540. The van der Waals surface area contributed by atoms with Crippen LogP contribution >= 0.6 is 0 Å². The topological polar surface area (TPSA) is 70.3 Å². The van der Waals surface area contributed by atoms with Crippen molar-refractivity contribution in [3.05, 3.63) is 50.8 Å². The van der Waals surface area contributed by atoms with Crippen LogP contribution in [0.2, 0.25) is 0 Å². The highest BCUT2D eigenvalue weighted by molar-refractivity contribution is 5.86. The van der Waals surface area contributed by atoms with Crippen molar-refractivity contribution in [1.29, 1.82) is 0 Å². The minimum absolute atomic E-state index is 0.197. The zero-order valence-corrected chi connectivity index (χ0v) is 11.8. The lowest BCUT2D eigenvalue weighted by Crippen LogP contribution is -2.37. The molecule has 6 heteroatoms. The second-order valence-corrected chi connectivity index (χ2v) is 4.19. The summed E-state index contributed by atoms with van der Waals surface area (Å²) in [5.41, 5.74) is -0.627. The maximum absolute atomic E-state index is 11.8. The third-order valence-corrected chi connectivity index (χ3v) is 2.60. The van der Waals surface area contributed by atoms with Crippen molar-refractivity contribution in [1.82, 2.24) is 9.13 Å². The molecule has 20 heavy (non-hydrogen) atoms. The van der Waals surface area contributed by atoms with Crippen LogP contribution in [0.1, 0.15) is 18.9 Å². The first kappa shape index (κ1) is 15.7. The zero-order valence-electron chi connectivity index (χ0n) is 11.8. The van der Waals surface area contributed by atoms with E-state index in [0.717, 1.165) is 11.0 Å². The van der Waals surface area contributed by atoms with E-state index in [1.54, 1.807) is 6.08 Å². The predicted octanol–water partition coefficient (Wildman–Crippen LogP) is 0.607. The summed E-state index contributed by atoms with van der Waals surface area (Å²) in [6.07, 6.45) is 8.40. The Labute approximate surface area is 116 Å². The Balaban J connectivity index is 2.81. The normalized spacial score (nSPS) is 11.3. The Kier molecular flexibility index (Phi) is 5.71. The summed E-state index contributed by atoms with van der Waals surface area (Å²) in [5, 5.41) is 0. The van der Waals surface area contributed by atoms with Gasteiger partial charge in [0.15, 0.2) is 0 Å². The molecule has 0 saturated heterocycles. The monoisotopic (exact) mass is 278 g/mol. The Morgan fingerprint density at radius 3 is 2.65 bits per heavy atom. The summed E-state index contributed by atoms with van der Waals surface area (Å²) in [6, 6.07) is 0. The van der Waals surface area contributed by atoms with Crippen molar-refractivity contribution >= 4 is 12.0 Å². The summed E-state index contributed by atoms with van der Waals surface area (Å²) in [7, 11) is 2.92. The smallest absolute Gasteiger partial charge is 0.331 e. The molecule has 0 atom stereocenters. The number of allylic oxidation sites excluding steroid dienone is 1. The molecule has 1 aromatic rings. The Bertz CT molecular complexity index is 650. The van der Waals surface area contributed by atoms with Crippen LogP contribution in [0.15, 0.2) is 34.0 Å². The van der Waals surface area contributed by atoms with Gasteiger partial charge >= 0.3 is 11.7 Å². The molecule has 0 spiro atoms. The van der Waals surface area contributed by atoms with Gasteiger partial charge in [0.2, 0.25) is 0 Å². The molecule has 0 N–H and O–H groups in total. The predicted molar refractivity (Wildman–Crippen MR) is 76.3 cm³/mol. The van der Waals surface area contributed by atoms with Crippen molar-refractivity contribution in [3.63, 3.8) is 0 Å². The van der Waals surface area contributed by atoms with E-state index in [-0.39, 0.29) is 12.2 Å². The standard InChI is InChI=1S/C14H18N2O4/c1-4-5-6-9-20-12(17)8-7-11-10-15(2)14(19)16(3)13(11)18/h5-8,10H,4,9H2,1-3H3/b6-5+,8-7+. The average Bonchev–Trinajstić information content (AvgIpc) is 2.43. The van der Waals surface area contributed by atoms with Crippen LogP contribution in [0.4, 0.5) is 0 Å². The van der Waals surface area contributed by atoms with Gasteiger partial charge in [-0.15, -0.1) is 0 Å². The lowest BCUT2D eigenvalue weighted by Gasteiger charge is -2.03. The number of esters is 1. The van der Waals surface area contributed by atoms with E-state index in [0.29, 0.717) is 0 Å². The fourth-order valence-electron chi connectivity index (χ4n) is 1.52. The molecule has 0 saturated carbocycles. The van der Waals surface area contributed by atoms with E-state index in [1.807, 2.05) is 13.0 Å². The number of hydrogen-bond donors (Lipinski definition) is 0. The molecule has 0 aromatic carbocycles. The molecular weight excluding hydrogens is 260 g/mol. The van der Waals surface area contributed by atoms with Crippen LogP contribution in [-0.2, 0) is 23.6 Å². The molecular formula is C14H18N2O4. The first-order valence-corrected chi connectivity index (χ1v) is 6.23. The Hall–Kier alpha value is -2.37. The highest BCUT2D eigenvalue weighted by Gasteiger charge is 2.04. The van der Waals surface area contributed by atoms with Gasteiger partial charge in [0.25, 0.3) is 5.56 Å². The number of carbonyl (C=O) groups excluding carboxylic acids is 1. The summed E-state index contributed by atoms with van der Waals surface area (Å²) in [6.45, 7) is 2.18. The van der Waals surface area contributed by atoms with E-state index in [2.05, 4.69) is 0 Å². The maximum Gasteiger partial charge on any atom is 0.331 e. The minimum Gasteiger partial charge on any atom is -0.458 e. The zero-order chi connectivity index (χ0) is 15.1. The summed E-state index contributed by atoms with van der Waals surface area (Å²) < 4.78 is 7.16. The third kappa shape index (κ3) is 4.08. The second-order valence-electron chi connectivity index (χ2n) is 4.19. The van der Waals surface area contributed by atoms with Gasteiger partial charge in [-0.1, -0.05) is 19.1 Å². The van der Waals surface area contributed by atoms with E-state index >= 15 is 0 Å². The fourth-order valence-corrected chi connectivity index (χ4v) is 1.52. The van der Waals surface area contributed by atoms with Gasteiger partial charge in [-0.2, -0.15) is 0 Å². The van der Waals surface area contributed by atoms with Crippen LogP contribution in [-0.4, -0.2) is 21.7 Å². The average molecular weight is 278 g/mol. The molecule has 1 heterocycles.